The normalized spacial score (nSPS) is 23.3. The van der Waals surface area contributed by atoms with Gasteiger partial charge in [-0.3, -0.25) is 14.4 Å². The Labute approximate surface area is 400 Å². The lowest BCUT2D eigenvalue weighted by Gasteiger charge is -2.42. The molecule has 4 aromatic rings. The number of amides is 2. The van der Waals surface area contributed by atoms with Gasteiger partial charge in [-0.05, 0) is 193 Å². The molecule has 2 saturated carbocycles. The summed E-state index contributed by atoms with van der Waals surface area (Å²) in [6, 6.07) is 19.2. The number of aliphatic carboxylic acids is 1. The number of aryl methyl sites for hydroxylation is 2. The molecule has 3 N–H and O–H groups in total. The number of nitrogens with zero attached hydrogens (tertiary/aromatic N) is 1. The average molecular weight is 912 g/mol. The summed E-state index contributed by atoms with van der Waals surface area (Å²) in [5.41, 5.74) is 11.6. The first kappa shape index (κ1) is 49.8. The van der Waals surface area contributed by atoms with Crippen LogP contribution in [0.15, 0.2) is 57.4 Å². The standard InChI is InChI=1S/C29H38N2O2.C29H39NO4/c1-19-14-24-25(29(4,5)13-12-28(24,2)3)16-22(19)15-23-10-11-26(33-23)27(32)31-18-21-8-6-20(17-30)7-9-21;1-18-14-23-24(29(4,5)13-12-28(23,2)3)16-21(18)15-22-10-11-25(34-22)26(31)30-17-19-6-8-20(9-7-19)27(32)33/h10-11,14,16,20-21H,6-9,12-13,15,18H2,1-5H3,(H,31,32);10-11,14,16,19-20H,6-9,12-13,15,17H2,1-5H3,(H,30,31)(H,32,33). The fraction of sp³-hybridized carbons (Fsp3) is 0.586. The van der Waals surface area contributed by atoms with Gasteiger partial charge >= 0.3 is 5.97 Å². The fourth-order valence-electron chi connectivity index (χ4n) is 11.2. The van der Waals surface area contributed by atoms with Crippen LogP contribution in [0.3, 0.4) is 0 Å². The summed E-state index contributed by atoms with van der Waals surface area (Å²) < 4.78 is 11.9. The van der Waals surface area contributed by atoms with Crippen LogP contribution in [-0.4, -0.2) is 36.0 Å². The maximum atomic E-state index is 12.6. The summed E-state index contributed by atoms with van der Waals surface area (Å²) >= 11 is 0. The summed E-state index contributed by atoms with van der Waals surface area (Å²) in [7, 11) is 0. The molecule has 8 rings (SSSR count). The Morgan fingerprint density at radius 1 is 0.582 bits per heavy atom. The maximum absolute atomic E-state index is 12.6. The first-order valence-electron chi connectivity index (χ1n) is 25.2. The molecule has 0 saturated heterocycles. The number of nitrogens with one attached hydrogen (secondary N) is 2. The molecule has 360 valence electrons. The van der Waals surface area contributed by atoms with Crippen LogP contribution in [0.2, 0.25) is 0 Å². The van der Waals surface area contributed by atoms with Gasteiger partial charge in [0.05, 0.1) is 12.0 Å². The first-order valence-corrected chi connectivity index (χ1v) is 25.2. The number of furan rings is 2. The molecule has 67 heavy (non-hydrogen) atoms. The van der Waals surface area contributed by atoms with Crippen LogP contribution in [0, 0.1) is 48.9 Å². The minimum Gasteiger partial charge on any atom is -0.481 e. The number of carbonyl (C=O) groups excluding carboxylic acids is 2. The van der Waals surface area contributed by atoms with E-state index in [-0.39, 0.29) is 45.3 Å². The van der Waals surface area contributed by atoms with Crippen molar-refractivity contribution in [3.05, 3.63) is 116 Å². The van der Waals surface area contributed by atoms with Crippen LogP contribution >= 0.6 is 0 Å². The van der Waals surface area contributed by atoms with Gasteiger partial charge in [0, 0.05) is 31.8 Å². The first-order chi connectivity index (χ1) is 31.5. The van der Waals surface area contributed by atoms with Gasteiger partial charge in [0.1, 0.15) is 11.5 Å². The molecule has 0 unspecified atom stereocenters. The van der Waals surface area contributed by atoms with Crippen molar-refractivity contribution in [2.45, 2.75) is 181 Å². The molecule has 0 atom stereocenters. The summed E-state index contributed by atoms with van der Waals surface area (Å²) in [6.45, 7) is 24.3. The second-order valence-corrected chi connectivity index (χ2v) is 23.4. The highest BCUT2D eigenvalue weighted by molar-refractivity contribution is 5.92. The van der Waals surface area contributed by atoms with Crippen LogP contribution < -0.4 is 10.6 Å². The Kier molecular flexibility index (Phi) is 14.8. The van der Waals surface area contributed by atoms with E-state index in [0.29, 0.717) is 62.1 Å². The summed E-state index contributed by atoms with van der Waals surface area (Å²) in [6.07, 6.45) is 13.1. The molecule has 2 aromatic heterocycles. The average Bonchev–Trinajstić information content (AvgIpc) is 3.97. The second kappa shape index (κ2) is 19.9. The third kappa shape index (κ3) is 11.6. The molecule has 0 radical (unpaired) electrons. The van der Waals surface area contributed by atoms with Crippen molar-refractivity contribution < 1.29 is 28.3 Å². The lowest BCUT2D eigenvalue weighted by atomic mass is 9.62. The highest BCUT2D eigenvalue weighted by atomic mass is 16.4. The Balaban J connectivity index is 0.000000199. The molecule has 9 nitrogen and oxygen atoms in total. The Morgan fingerprint density at radius 2 is 0.940 bits per heavy atom. The Hall–Kier alpha value is -5.10. The number of nitriles is 1. The predicted molar refractivity (Wildman–Crippen MR) is 265 cm³/mol. The van der Waals surface area contributed by atoms with Crippen molar-refractivity contribution in [3.63, 3.8) is 0 Å². The lowest BCUT2D eigenvalue weighted by molar-refractivity contribution is -0.143. The Morgan fingerprint density at radius 3 is 1.30 bits per heavy atom. The van der Waals surface area contributed by atoms with Gasteiger partial charge < -0.3 is 24.6 Å². The molecule has 9 heteroatoms. The van der Waals surface area contributed by atoms with Gasteiger partial charge in [0.2, 0.25) is 0 Å². The number of rotatable bonds is 11. The zero-order valence-corrected chi connectivity index (χ0v) is 42.2. The van der Waals surface area contributed by atoms with Crippen LogP contribution in [0.25, 0.3) is 0 Å². The molecule has 2 amide bonds. The molecule has 4 aliphatic carbocycles. The van der Waals surface area contributed by atoms with Crippen LogP contribution in [0.5, 0.6) is 0 Å². The van der Waals surface area contributed by atoms with E-state index in [1.165, 1.54) is 70.2 Å². The quantitative estimate of drug-likeness (QED) is 0.136. The van der Waals surface area contributed by atoms with Crippen LogP contribution in [0.1, 0.15) is 210 Å². The number of carboxylic acids is 1. The van der Waals surface area contributed by atoms with E-state index in [2.05, 4.69) is 110 Å². The van der Waals surface area contributed by atoms with Gasteiger partial charge in [0.15, 0.2) is 11.5 Å². The number of fused-ring (bicyclic) bond motifs is 2. The molecule has 0 bridgehead atoms. The van der Waals surface area contributed by atoms with E-state index in [4.69, 9.17) is 19.2 Å². The topological polar surface area (TPSA) is 146 Å². The van der Waals surface area contributed by atoms with E-state index in [1.54, 1.807) is 12.1 Å². The van der Waals surface area contributed by atoms with Gasteiger partial charge in [-0.2, -0.15) is 5.26 Å². The van der Waals surface area contributed by atoms with Gasteiger partial charge in [-0.1, -0.05) is 79.7 Å². The van der Waals surface area contributed by atoms with E-state index in [1.807, 2.05) is 12.1 Å². The molecule has 4 aliphatic rings. The van der Waals surface area contributed by atoms with Crippen LogP contribution in [-0.2, 0) is 39.3 Å². The minimum atomic E-state index is -0.702. The predicted octanol–water partition coefficient (Wildman–Crippen LogP) is 12.7. The van der Waals surface area contributed by atoms with Crippen LogP contribution in [0.4, 0.5) is 0 Å². The van der Waals surface area contributed by atoms with Gasteiger partial charge in [-0.25, -0.2) is 0 Å². The number of benzene rings is 2. The third-order valence-corrected chi connectivity index (χ3v) is 16.4. The summed E-state index contributed by atoms with van der Waals surface area (Å²) in [5, 5.41) is 24.2. The lowest BCUT2D eigenvalue weighted by Crippen LogP contribution is -2.34. The molecule has 2 fully saturated rings. The zero-order chi connectivity index (χ0) is 48.5. The van der Waals surface area contributed by atoms with E-state index in [0.717, 1.165) is 50.0 Å². The SMILES string of the molecule is Cc1cc2c(cc1Cc1ccc(C(=O)NCC3CCC(C#N)CC3)o1)C(C)(C)CCC2(C)C.Cc1cc2c(cc1Cc1ccc(C(=O)NCC3CCC(C(=O)O)CC3)o1)C(C)(C)CCC2(C)C. The van der Waals surface area contributed by atoms with Crippen molar-refractivity contribution in [2.24, 2.45) is 23.7 Å². The van der Waals surface area contributed by atoms with Gasteiger partial charge in [-0.15, -0.1) is 0 Å². The van der Waals surface area contributed by atoms with E-state index in [9.17, 15) is 14.4 Å². The van der Waals surface area contributed by atoms with Gasteiger partial charge in [0.25, 0.3) is 11.8 Å². The molecular formula is C58H77N3O6. The smallest absolute Gasteiger partial charge is 0.306 e. The number of carbonyl (C=O) groups is 3. The van der Waals surface area contributed by atoms with E-state index >= 15 is 0 Å². The summed E-state index contributed by atoms with van der Waals surface area (Å²) in [5.74, 6) is 2.04. The molecule has 0 aliphatic heterocycles. The highest BCUT2D eigenvalue weighted by Gasteiger charge is 2.39. The third-order valence-electron chi connectivity index (χ3n) is 16.4. The minimum absolute atomic E-state index is 0.145. The summed E-state index contributed by atoms with van der Waals surface area (Å²) in [4.78, 5) is 36.4. The van der Waals surface area contributed by atoms with E-state index < -0.39 is 5.97 Å². The van der Waals surface area contributed by atoms with Crippen molar-refractivity contribution >= 4 is 17.8 Å². The van der Waals surface area contributed by atoms with Crippen molar-refractivity contribution in [1.29, 1.82) is 5.26 Å². The number of hydrogen-bond acceptors (Lipinski definition) is 6. The largest absolute Gasteiger partial charge is 0.481 e. The monoisotopic (exact) mass is 912 g/mol. The fourth-order valence-corrected chi connectivity index (χ4v) is 11.2. The molecular weight excluding hydrogens is 835 g/mol. The van der Waals surface area contributed by atoms with Crippen molar-refractivity contribution in [2.75, 3.05) is 13.1 Å². The Bertz CT molecular complexity index is 2480. The molecule has 0 spiro atoms. The zero-order valence-electron chi connectivity index (χ0n) is 42.2. The number of hydrogen-bond donors (Lipinski definition) is 3. The van der Waals surface area contributed by atoms with Crippen molar-refractivity contribution in [1.82, 2.24) is 10.6 Å². The van der Waals surface area contributed by atoms with Crippen molar-refractivity contribution in [3.8, 4) is 6.07 Å². The number of carboxylic acid groups (broad SMARTS) is 1. The second-order valence-electron chi connectivity index (χ2n) is 23.4. The maximum Gasteiger partial charge on any atom is 0.306 e. The molecule has 2 heterocycles. The highest BCUT2D eigenvalue weighted by Crippen LogP contribution is 2.48. The molecule has 2 aromatic carbocycles.